The van der Waals surface area contributed by atoms with Gasteiger partial charge in [-0.2, -0.15) is 0 Å². The van der Waals surface area contributed by atoms with Crippen LogP contribution in [0.25, 0.3) is 0 Å². The first-order chi connectivity index (χ1) is 27.8. The van der Waals surface area contributed by atoms with Gasteiger partial charge in [-0.25, -0.2) is 4.57 Å². The van der Waals surface area contributed by atoms with E-state index in [-0.39, 0.29) is 32.1 Å². The van der Waals surface area contributed by atoms with E-state index in [1.54, 1.807) is 0 Å². The number of carbonyl (C=O) groups is 2. The number of rotatable bonds is 42. The summed E-state index contributed by atoms with van der Waals surface area (Å²) in [5.74, 6) is -0.532. The topological polar surface area (TPSA) is 131 Å². The van der Waals surface area contributed by atoms with E-state index >= 15 is 0 Å². The zero-order valence-electron chi connectivity index (χ0n) is 36.3. The van der Waals surface area contributed by atoms with Crippen LogP contribution < -0.4 is 5.32 Å². The molecule has 0 radical (unpaired) electrons. The predicted octanol–water partition coefficient (Wildman–Crippen LogP) is 12.9. The Morgan fingerprint density at radius 2 is 1.00 bits per heavy atom. The quantitative estimate of drug-likeness (QED) is 0.0240. The fourth-order valence-corrected chi connectivity index (χ4v) is 6.77. The highest BCUT2D eigenvalue weighted by Gasteiger charge is 2.23. The van der Waals surface area contributed by atoms with Crippen LogP contribution in [0.15, 0.2) is 60.8 Å². The van der Waals surface area contributed by atoms with Crippen molar-refractivity contribution in [3.63, 3.8) is 0 Å². The summed E-state index contributed by atoms with van der Waals surface area (Å²) >= 11 is 0. The summed E-state index contributed by atoms with van der Waals surface area (Å²) in [5.41, 5.74) is 0. The predicted molar refractivity (Wildman–Crippen MR) is 238 cm³/mol. The molecule has 2 atom stereocenters. The molecule has 10 heteroatoms. The third-order valence-corrected chi connectivity index (χ3v) is 10.4. The molecule has 2 unspecified atom stereocenters. The number of esters is 1. The van der Waals surface area contributed by atoms with Crippen LogP contribution in [0.4, 0.5) is 0 Å². The van der Waals surface area contributed by atoms with Crippen molar-refractivity contribution in [3.05, 3.63) is 60.8 Å². The summed E-state index contributed by atoms with van der Waals surface area (Å²) in [5, 5.41) is 12.7. The smallest absolute Gasteiger partial charge is 0.463 e. The first-order valence-corrected chi connectivity index (χ1v) is 24.3. The van der Waals surface area contributed by atoms with Crippen molar-refractivity contribution < 1.29 is 37.9 Å². The molecule has 0 aliphatic rings. The van der Waals surface area contributed by atoms with E-state index in [2.05, 4.69) is 79.9 Å². The Morgan fingerprint density at radius 1 is 0.561 bits per heavy atom. The summed E-state index contributed by atoms with van der Waals surface area (Å²) in [4.78, 5) is 34.0. The molecule has 0 fully saturated rings. The van der Waals surface area contributed by atoms with Crippen LogP contribution in [0.5, 0.6) is 0 Å². The number of aliphatic hydroxyl groups is 1. The van der Waals surface area contributed by atoms with Gasteiger partial charge in [0.05, 0.1) is 13.2 Å². The van der Waals surface area contributed by atoms with E-state index in [9.17, 15) is 24.2 Å². The number of allylic oxidation sites excluding steroid dienone is 10. The van der Waals surface area contributed by atoms with Gasteiger partial charge in [-0.05, 0) is 77.0 Å². The van der Waals surface area contributed by atoms with Crippen LogP contribution in [0.1, 0.15) is 194 Å². The van der Waals surface area contributed by atoms with E-state index < -0.39 is 26.5 Å². The molecule has 330 valence electrons. The molecule has 57 heavy (non-hydrogen) atoms. The van der Waals surface area contributed by atoms with E-state index in [0.29, 0.717) is 6.42 Å². The lowest BCUT2D eigenvalue weighted by molar-refractivity contribution is -0.147. The molecule has 0 bridgehead atoms. The molecule has 0 rings (SSSR count). The summed E-state index contributed by atoms with van der Waals surface area (Å²) in [7, 11) is -4.42. The summed E-state index contributed by atoms with van der Waals surface area (Å²) < 4.78 is 26.9. The number of carbonyl (C=O) groups excluding carboxylic acids is 2. The molecule has 3 N–H and O–H groups in total. The number of hydrogen-bond donors (Lipinski definition) is 3. The largest absolute Gasteiger partial charge is 0.472 e. The van der Waals surface area contributed by atoms with Gasteiger partial charge in [0.1, 0.15) is 12.7 Å². The van der Waals surface area contributed by atoms with Gasteiger partial charge < -0.3 is 20.1 Å². The van der Waals surface area contributed by atoms with Gasteiger partial charge in [0, 0.05) is 19.4 Å². The van der Waals surface area contributed by atoms with Gasteiger partial charge in [0.15, 0.2) is 0 Å². The van der Waals surface area contributed by atoms with Crippen LogP contribution in [0.3, 0.4) is 0 Å². The van der Waals surface area contributed by atoms with Gasteiger partial charge in [-0.15, -0.1) is 0 Å². The van der Waals surface area contributed by atoms with Gasteiger partial charge in [-0.3, -0.25) is 18.6 Å². The van der Waals surface area contributed by atoms with Gasteiger partial charge in [-0.1, -0.05) is 164 Å². The van der Waals surface area contributed by atoms with Crippen molar-refractivity contribution in [2.75, 3.05) is 26.4 Å². The minimum Gasteiger partial charge on any atom is -0.463 e. The van der Waals surface area contributed by atoms with Gasteiger partial charge in [0.2, 0.25) is 5.91 Å². The van der Waals surface area contributed by atoms with Crippen molar-refractivity contribution >= 4 is 19.7 Å². The number of aliphatic hydroxyl groups excluding tert-OH is 1. The monoisotopic (exact) mass is 822 g/mol. The SMILES string of the molecule is CC/C=C\C/C=C\C/C=C\CCCCCCCCCC(=O)OCC(O)COP(=O)(O)OCCNC(=O)CCCCCCCCCCC/C=C\C/C=C\CCCCC. The van der Waals surface area contributed by atoms with Crippen molar-refractivity contribution in [1.82, 2.24) is 5.32 Å². The van der Waals surface area contributed by atoms with Crippen molar-refractivity contribution in [2.45, 2.75) is 200 Å². The Morgan fingerprint density at radius 3 is 1.51 bits per heavy atom. The molecule has 0 aromatic carbocycles. The summed E-state index contributed by atoms with van der Waals surface area (Å²) in [6, 6.07) is 0. The number of amides is 1. The van der Waals surface area contributed by atoms with Crippen molar-refractivity contribution in [1.29, 1.82) is 0 Å². The Hall–Kier alpha value is -2.29. The second kappa shape index (κ2) is 43.3. The van der Waals surface area contributed by atoms with E-state index in [0.717, 1.165) is 77.0 Å². The zero-order valence-corrected chi connectivity index (χ0v) is 37.2. The highest BCUT2D eigenvalue weighted by atomic mass is 31.2. The lowest BCUT2D eigenvalue weighted by atomic mass is 10.1. The highest BCUT2D eigenvalue weighted by molar-refractivity contribution is 7.47. The number of ether oxygens (including phenoxy) is 1. The number of phosphoric acid groups is 1. The van der Waals surface area contributed by atoms with Crippen LogP contribution in [-0.4, -0.2) is 54.3 Å². The van der Waals surface area contributed by atoms with E-state index in [4.69, 9.17) is 13.8 Å². The van der Waals surface area contributed by atoms with Crippen LogP contribution in [0.2, 0.25) is 0 Å². The molecule has 1 amide bonds. The van der Waals surface area contributed by atoms with Crippen molar-refractivity contribution in [3.8, 4) is 0 Å². The number of phosphoric ester groups is 1. The average Bonchev–Trinajstić information content (AvgIpc) is 3.20. The summed E-state index contributed by atoms with van der Waals surface area (Å²) in [6.07, 6.45) is 51.5. The maximum Gasteiger partial charge on any atom is 0.472 e. The molecule has 0 aromatic heterocycles. The molecular weight excluding hydrogens is 737 g/mol. The maximum absolute atomic E-state index is 12.1. The molecule has 9 nitrogen and oxygen atoms in total. The van der Waals surface area contributed by atoms with E-state index in [1.807, 2.05) is 0 Å². The average molecular weight is 822 g/mol. The molecular formula is C47H84NO8P. The van der Waals surface area contributed by atoms with Crippen molar-refractivity contribution in [2.24, 2.45) is 0 Å². The second-order valence-electron chi connectivity index (χ2n) is 15.0. The number of nitrogens with one attached hydrogen (secondary N) is 1. The summed E-state index contributed by atoms with van der Waals surface area (Å²) in [6.45, 7) is 3.40. The van der Waals surface area contributed by atoms with Gasteiger partial charge >= 0.3 is 13.8 Å². The second-order valence-corrected chi connectivity index (χ2v) is 16.4. The van der Waals surface area contributed by atoms with Crippen LogP contribution in [-0.2, 0) is 27.9 Å². The Bertz CT molecular complexity index is 1120. The minimum atomic E-state index is -4.42. The molecule has 0 aliphatic carbocycles. The maximum atomic E-state index is 12.1. The van der Waals surface area contributed by atoms with Crippen LogP contribution in [0, 0.1) is 0 Å². The molecule has 0 aromatic rings. The Labute approximate surface area is 348 Å². The van der Waals surface area contributed by atoms with Crippen LogP contribution >= 0.6 is 7.82 Å². The molecule has 0 saturated heterocycles. The normalized spacial score (nSPS) is 13.8. The van der Waals surface area contributed by atoms with Gasteiger partial charge in [0.25, 0.3) is 0 Å². The fourth-order valence-electron chi connectivity index (χ4n) is 6.01. The number of hydrogen-bond acceptors (Lipinski definition) is 7. The minimum absolute atomic E-state index is 0.0760. The highest BCUT2D eigenvalue weighted by Crippen LogP contribution is 2.42. The Balaban J connectivity index is 3.61. The standard InChI is InChI=1S/C47H84NO8P/c1-3-5-7-9-11-13-15-17-19-21-22-24-25-27-29-31-33-35-37-39-46(50)48-41-42-55-57(52,53)56-44-45(49)43-54-47(51)40-38-36-34-32-30-28-26-23-20-18-16-14-12-10-8-6-4-2/h6,8,11-14,17-20,45,49H,3-5,7,9-10,15-16,21-44H2,1-2H3,(H,48,50)(H,52,53)/b8-6-,13-11-,14-12-,19-17-,20-18-. The first-order valence-electron chi connectivity index (χ1n) is 22.8. The molecule has 0 spiro atoms. The Kier molecular flexibility index (Phi) is 41.6. The number of unbranched alkanes of at least 4 members (excludes halogenated alkanes) is 19. The van der Waals surface area contributed by atoms with E-state index in [1.165, 1.54) is 89.9 Å². The molecule has 0 aliphatic heterocycles. The lowest BCUT2D eigenvalue weighted by Gasteiger charge is -2.15. The first kappa shape index (κ1) is 54.7. The lowest BCUT2D eigenvalue weighted by Crippen LogP contribution is -2.27. The molecule has 0 heterocycles. The third kappa shape index (κ3) is 44.7. The molecule has 0 saturated carbocycles. The fraction of sp³-hybridized carbons (Fsp3) is 0.745. The zero-order chi connectivity index (χ0) is 41.8. The third-order valence-electron chi connectivity index (χ3n) is 9.43.